The molecule has 0 rings (SSSR count). The Morgan fingerprint density at radius 3 is 2.67 bits per heavy atom. The van der Waals surface area contributed by atoms with E-state index in [0.717, 1.165) is 19.4 Å². The van der Waals surface area contributed by atoms with Gasteiger partial charge in [0, 0.05) is 28.9 Å². The molecule has 0 heterocycles. The minimum Gasteiger partial charge on any atom is -0.381 e. The molecule has 0 aromatic rings. The Bertz CT molecular complexity index is 120. The molecule has 0 aromatic carbocycles. The zero-order valence-electron chi connectivity index (χ0n) is 7.75. The van der Waals surface area contributed by atoms with Crippen molar-refractivity contribution in [3.63, 3.8) is 0 Å². The molecule has 1 atom stereocenters. The maximum atomic E-state index is 11.1. The van der Waals surface area contributed by atoms with E-state index in [0.29, 0.717) is 24.7 Å². The highest BCUT2D eigenvalue weighted by atomic mass is 32.2. The highest BCUT2D eigenvalue weighted by molar-refractivity contribution is 7.84. The molecule has 0 saturated heterocycles. The van der Waals surface area contributed by atoms with Gasteiger partial charge in [0.15, 0.2) is 0 Å². The summed E-state index contributed by atoms with van der Waals surface area (Å²) in [4.78, 5) is 0. The van der Waals surface area contributed by atoms with Crippen molar-refractivity contribution in [3.05, 3.63) is 0 Å². The minimum absolute atomic E-state index is 0.616. The molecule has 0 bridgehead atoms. The van der Waals surface area contributed by atoms with E-state index in [4.69, 9.17) is 10.5 Å². The molecular formula is C8H19NO2S. The number of rotatable bonds is 8. The SMILES string of the molecule is CCCOCCS(=O)CCCN. The summed E-state index contributed by atoms with van der Waals surface area (Å²) in [5.41, 5.74) is 5.29. The Kier molecular flexibility index (Phi) is 9.21. The van der Waals surface area contributed by atoms with Crippen LogP contribution < -0.4 is 5.73 Å². The van der Waals surface area contributed by atoms with Gasteiger partial charge >= 0.3 is 0 Å². The maximum Gasteiger partial charge on any atom is 0.0581 e. The lowest BCUT2D eigenvalue weighted by atomic mass is 10.5. The molecule has 2 N–H and O–H groups in total. The first-order chi connectivity index (χ1) is 5.81. The second-order valence-electron chi connectivity index (χ2n) is 2.60. The zero-order chi connectivity index (χ0) is 9.23. The Balaban J connectivity index is 3.08. The van der Waals surface area contributed by atoms with Gasteiger partial charge < -0.3 is 10.5 Å². The van der Waals surface area contributed by atoms with Crippen molar-refractivity contribution >= 4 is 10.8 Å². The van der Waals surface area contributed by atoms with Crippen LogP contribution in [-0.4, -0.2) is 35.5 Å². The summed E-state index contributed by atoms with van der Waals surface area (Å²) in [5.74, 6) is 1.37. The van der Waals surface area contributed by atoms with Crippen molar-refractivity contribution in [2.75, 3.05) is 31.3 Å². The number of hydrogen-bond acceptors (Lipinski definition) is 3. The van der Waals surface area contributed by atoms with Crippen molar-refractivity contribution in [2.24, 2.45) is 5.73 Å². The van der Waals surface area contributed by atoms with Crippen molar-refractivity contribution in [2.45, 2.75) is 19.8 Å². The van der Waals surface area contributed by atoms with Gasteiger partial charge in [0.1, 0.15) is 0 Å². The predicted molar refractivity (Wildman–Crippen MR) is 52.7 cm³/mol. The van der Waals surface area contributed by atoms with Gasteiger partial charge in [-0.1, -0.05) is 6.92 Å². The van der Waals surface area contributed by atoms with Crippen LogP contribution in [0.2, 0.25) is 0 Å². The van der Waals surface area contributed by atoms with E-state index in [1.807, 2.05) is 0 Å². The molecule has 0 saturated carbocycles. The van der Waals surface area contributed by atoms with Crippen LogP contribution in [0.5, 0.6) is 0 Å². The Labute approximate surface area is 77.1 Å². The van der Waals surface area contributed by atoms with Gasteiger partial charge in [0.2, 0.25) is 0 Å². The van der Waals surface area contributed by atoms with Crippen LogP contribution in [0.3, 0.4) is 0 Å². The van der Waals surface area contributed by atoms with Crippen LogP contribution in [0.15, 0.2) is 0 Å². The Hall–Kier alpha value is 0.0700. The van der Waals surface area contributed by atoms with Gasteiger partial charge in [-0.05, 0) is 19.4 Å². The summed E-state index contributed by atoms with van der Waals surface area (Å²) in [5, 5.41) is 0. The lowest BCUT2D eigenvalue weighted by molar-refractivity contribution is 0.150. The molecule has 74 valence electrons. The average molecular weight is 193 g/mol. The lowest BCUT2D eigenvalue weighted by Crippen LogP contribution is -2.12. The second-order valence-corrected chi connectivity index (χ2v) is 4.30. The highest BCUT2D eigenvalue weighted by Crippen LogP contribution is 1.88. The van der Waals surface area contributed by atoms with Crippen LogP contribution >= 0.6 is 0 Å². The van der Waals surface area contributed by atoms with Gasteiger partial charge in [-0.2, -0.15) is 0 Å². The van der Waals surface area contributed by atoms with Crippen molar-refractivity contribution in [1.82, 2.24) is 0 Å². The summed E-state index contributed by atoms with van der Waals surface area (Å²) >= 11 is 0. The summed E-state index contributed by atoms with van der Waals surface area (Å²) < 4.78 is 16.3. The molecule has 1 unspecified atom stereocenters. The molecule has 0 fully saturated rings. The van der Waals surface area contributed by atoms with E-state index in [2.05, 4.69) is 6.92 Å². The number of hydrogen-bond donors (Lipinski definition) is 1. The maximum absolute atomic E-state index is 11.1. The summed E-state index contributed by atoms with van der Waals surface area (Å²) in [7, 11) is -0.728. The fourth-order valence-electron chi connectivity index (χ4n) is 0.745. The molecule has 4 heteroatoms. The third-order valence-electron chi connectivity index (χ3n) is 1.38. The largest absolute Gasteiger partial charge is 0.381 e. The third-order valence-corrected chi connectivity index (χ3v) is 2.75. The zero-order valence-corrected chi connectivity index (χ0v) is 8.57. The fraction of sp³-hybridized carbons (Fsp3) is 1.00. The molecule has 0 aliphatic rings. The van der Waals surface area contributed by atoms with Crippen LogP contribution in [0, 0.1) is 0 Å². The highest BCUT2D eigenvalue weighted by Gasteiger charge is 1.97. The molecule has 3 nitrogen and oxygen atoms in total. The fourth-order valence-corrected chi connectivity index (χ4v) is 1.74. The first-order valence-corrected chi connectivity index (χ1v) is 5.92. The van der Waals surface area contributed by atoms with Gasteiger partial charge in [0.05, 0.1) is 6.61 Å². The molecule has 12 heavy (non-hydrogen) atoms. The number of ether oxygens (including phenoxy) is 1. The van der Waals surface area contributed by atoms with Crippen molar-refractivity contribution in [1.29, 1.82) is 0 Å². The standard InChI is InChI=1S/C8H19NO2S/c1-2-5-11-6-8-12(10)7-3-4-9/h2-9H2,1H3. The lowest BCUT2D eigenvalue weighted by Gasteiger charge is -2.02. The summed E-state index contributed by atoms with van der Waals surface area (Å²) in [6.07, 6.45) is 1.87. The topological polar surface area (TPSA) is 52.3 Å². The molecule has 0 aromatic heterocycles. The molecule has 0 aliphatic heterocycles. The van der Waals surface area contributed by atoms with Crippen LogP contribution in [-0.2, 0) is 15.5 Å². The Morgan fingerprint density at radius 1 is 1.33 bits per heavy atom. The molecule has 0 aliphatic carbocycles. The molecular weight excluding hydrogens is 174 g/mol. The van der Waals surface area contributed by atoms with Crippen LogP contribution in [0.1, 0.15) is 19.8 Å². The third kappa shape index (κ3) is 8.17. The second kappa shape index (κ2) is 9.16. The molecule has 0 radical (unpaired) electrons. The molecule has 0 amide bonds. The van der Waals surface area contributed by atoms with E-state index >= 15 is 0 Å². The summed E-state index contributed by atoms with van der Waals surface area (Å²) in [6, 6.07) is 0. The van der Waals surface area contributed by atoms with E-state index < -0.39 is 10.8 Å². The smallest absolute Gasteiger partial charge is 0.0581 e. The average Bonchev–Trinajstić information content (AvgIpc) is 2.09. The quantitative estimate of drug-likeness (QED) is 0.571. The monoisotopic (exact) mass is 193 g/mol. The van der Waals surface area contributed by atoms with Gasteiger partial charge in [-0.3, -0.25) is 4.21 Å². The van der Waals surface area contributed by atoms with E-state index in [1.54, 1.807) is 0 Å². The normalized spacial score (nSPS) is 13.2. The predicted octanol–water partition coefficient (Wildman–Crippen LogP) is 0.511. The van der Waals surface area contributed by atoms with Crippen LogP contribution in [0.4, 0.5) is 0 Å². The van der Waals surface area contributed by atoms with E-state index in [9.17, 15) is 4.21 Å². The molecule has 0 spiro atoms. The van der Waals surface area contributed by atoms with E-state index in [1.165, 1.54) is 0 Å². The summed E-state index contributed by atoms with van der Waals surface area (Å²) in [6.45, 7) is 4.08. The Morgan fingerprint density at radius 2 is 2.08 bits per heavy atom. The first-order valence-electron chi connectivity index (χ1n) is 4.44. The van der Waals surface area contributed by atoms with Crippen LogP contribution in [0.25, 0.3) is 0 Å². The van der Waals surface area contributed by atoms with Gasteiger partial charge in [0.25, 0.3) is 0 Å². The van der Waals surface area contributed by atoms with Gasteiger partial charge in [-0.25, -0.2) is 0 Å². The van der Waals surface area contributed by atoms with Crippen molar-refractivity contribution < 1.29 is 8.95 Å². The first kappa shape index (κ1) is 12.1. The van der Waals surface area contributed by atoms with Crippen molar-refractivity contribution in [3.8, 4) is 0 Å². The minimum atomic E-state index is -0.728. The van der Waals surface area contributed by atoms with Gasteiger partial charge in [-0.15, -0.1) is 0 Å². The number of nitrogens with two attached hydrogens (primary N) is 1. The van der Waals surface area contributed by atoms with E-state index in [-0.39, 0.29) is 0 Å².